The molecule has 0 bridgehead atoms. The zero-order valence-corrected chi connectivity index (χ0v) is 15.2. The molecule has 2 aromatic heterocycles. The Morgan fingerprint density at radius 3 is 2.62 bits per heavy atom. The summed E-state index contributed by atoms with van der Waals surface area (Å²) in [6.07, 6.45) is 4.98. The van der Waals surface area contributed by atoms with Crippen LogP contribution in [-0.4, -0.2) is 24.7 Å². The normalized spacial score (nSPS) is 10.8. The van der Waals surface area contributed by atoms with Crippen molar-refractivity contribution in [3.8, 4) is 17.2 Å². The Hall–Kier alpha value is -2.70. The molecular formula is C19H14ClN5S. The fourth-order valence-electron chi connectivity index (χ4n) is 2.53. The van der Waals surface area contributed by atoms with E-state index in [0.29, 0.717) is 11.5 Å². The van der Waals surface area contributed by atoms with Gasteiger partial charge in [-0.05, 0) is 29.8 Å². The molecular weight excluding hydrogens is 366 g/mol. The van der Waals surface area contributed by atoms with Gasteiger partial charge in [-0.25, -0.2) is 4.98 Å². The fourth-order valence-corrected chi connectivity index (χ4v) is 3.64. The van der Waals surface area contributed by atoms with Gasteiger partial charge in [-0.3, -0.25) is 9.55 Å². The highest BCUT2D eigenvalue weighted by Crippen LogP contribution is 2.29. The molecule has 0 radical (unpaired) electrons. The smallest absolute Gasteiger partial charge is 0.196 e. The number of thioether (sulfide) groups is 1. The lowest BCUT2D eigenvalue weighted by Crippen LogP contribution is -2.00. The summed E-state index contributed by atoms with van der Waals surface area (Å²) < 4.78 is 2.00. The van der Waals surface area contributed by atoms with Gasteiger partial charge in [0.15, 0.2) is 11.0 Å². The minimum absolute atomic E-state index is 0.665. The predicted molar refractivity (Wildman–Crippen MR) is 103 cm³/mol. The van der Waals surface area contributed by atoms with E-state index in [9.17, 15) is 0 Å². The fraction of sp³-hybridized carbons (Fsp3) is 0.0526. The molecule has 0 aliphatic carbocycles. The minimum Gasteiger partial charge on any atom is -0.269 e. The van der Waals surface area contributed by atoms with Crippen LogP contribution in [0.25, 0.3) is 17.2 Å². The van der Waals surface area contributed by atoms with Crippen molar-refractivity contribution in [2.45, 2.75) is 10.9 Å². The maximum Gasteiger partial charge on any atom is 0.196 e. The van der Waals surface area contributed by atoms with Crippen molar-refractivity contribution in [2.75, 3.05) is 0 Å². The average Bonchev–Trinajstić information content (AvgIpc) is 3.12. The van der Waals surface area contributed by atoms with Crippen LogP contribution in [-0.2, 0) is 5.75 Å². The maximum absolute atomic E-state index is 6.08. The van der Waals surface area contributed by atoms with E-state index in [1.165, 1.54) is 0 Å². The Morgan fingerprint density at radius 2 is 1.85 bits per heavy atom. The van der Waals surface area contributed by atoms with Crippen LogP contribution in [0.1, 0.15) is 5.56 Å². The number of halogens is 1. The van der Waals surface area contributed by atoms with E-state index in [-0.39, 0.29) is 0 Å². The molecule has 2 aromatic carbocycles. The molecule has 7 heteroatoms. The summed E-state index contributed by atoms with van der Waals surface area (Å²) in [7, 11) is 0. The summed E-state index contributed by atoms with van der Waals surface area (Å²) in [5.74, 6) is 1.41. The SMILES string of the molecule is Clc1cccc(CSc2nnc(-c3cnccn3)n2-c2ccccc2)c1. The van der Waals surface area contributed by atoms with Gasteiger partial charge in [0.1, 0.15) is 5.69 Å². The van der Waals surface area contributed by atoms with Gasteiger partial charge in [0, 0.05) is 28.9 Å². The van der Waals surface area contributed by atoms with Crippen LogP contribution in [0.3, 0.4) is 0 Å². The lowest BCUT2D eigenvalue weighted by atomic mass is 10.2. The number of rotatable bonds is 5. The standard InChI is InChI=1S/C19H14ClN5S/c20-15-6-4-5-14(11-15)13-26-19-24-23-18(17-12-21-9-10-22-17)25(19)16-7-2-1-3-8-16/h1-12H,13H2. The van der Waals surface area contributed by atoms with Crippen molar-refractivity contribution in [1.82, 2.24) is 24.7 Å². The number of aromatic nitrogens is 5. The Bertz CT molecular complexity index is 1000. The highest BCUT2D eigenvalue weighted by molar-refractivity contribution is 7.98. The Kier molecular flexibility index (Phi) is 4.95. The summed E-state index contributed by atoms with van der Waals surface area (Å²) >= 11 is 7.68. The molecule has 4 aromatic rings. The summed E-state index contributed by atoms with van der Waals surface area (Å²) in [5, 5.41) is 10.3. The maximum atomic E-state index is 6.08. The number of nitrogens with zero attached hydrogens (tertiary/aromatic N) is 5. The second-order valence-corrected chi connectivity index (χ2v) is 6.87. The highest BCUT2D eigenvalue weighted by Gasteiger charge is 2.17. The quantitative estimate of drug-likeness (QED) is 0.471. The molecule has 5 nitrogen and oxygen atoms in total. The topological polar surface area (TPSA) is 56.5 Å². The first kappa shape index (κ1) is 16.8. The van der Waals surface area contributed by atoms with Crippen LogP contribution in [0.15, 0.2) is 78.3 Å². The summed E-state index contributed by atoms with van der Waals surface area (Å²) in [6.45, 7) is 0. The first-order valence-corrected chi connectivity index (χ1v) is 9.32. The van der Waals surface area contributed by atoms with Gasteiger partial charge in [-0.2, -0.15) is 0 Å². The second-order valence-electron chi connectivity index (χ2n) is 5.49. The van der Waals surface area contributed by atoms with Gasteiger partial charge in [-0.15, -0.1) is 10.2 Å². The summed E-state index contributed by atoms with van der Waals surface area (Å²) in [6, 6.07) is 17.8. The second kappa shape index (κ2) is 7.68. The average molecular weight is 380 g/mol. The van der Waals surface area contributed by atoms with Gasteiger partial charge >= 0.3 is 0 Å². The lowest BCUT2D eigenvalue weighted by Gasteiger charge is -2.09. The van der Waals surface area contributed by atoms with Crippen molar-refractivity contribution in [3.05, 3.63) is 83.8 Å². The molecule has 2 heterocycles. The molecule has 0 aliphatic rings. The predicted octanol–water partition coefficient (Wildman–Crippen LogP) is 4.67. The molecule has 0 saturated carbocycles. The molecule has 0 saturated heterocycles. The molecule has 0 atom stereocenters. The number of benzene rings is 2. The van der Waals surface area contributed by atoms with Gasteiger partial charge in [0.25, 0.3) is 0 Å². The van der Waals surface area contributed by atoms with Crippen molar-refractivity contribution < 1.29 is 0 Å². The highest BCUT2D eigenvalue weighted by atomic mass is 35.5. The van der Waals surface area contributed by atoms with Gasteiger partial charge in [0.05, 0.1) is 6.20 Å². The zero-order valence-electron chi connectivity index (χ0n) is 13.7. The molecule has 4 rings (SSSR count). The summed E-state index contributed by atoms with van der Waals surface area (Å²) in [5.41, 5.74) is 2.79. The molecule has 0 fully saturated rings. The number of para-hydroxylation sites is 1. The van der Waals surface area contributed by atoms with E-state index in [4.69, 9.17) is 11.6 Å². The van der Waals surface area contributed by atoms with E-state index in [0.717, 1.165) is 27.2 Å². The van der Waals surface area contributed by atoms with Crippen LogP contribution in [0, 0.1) is 0 Å². The van der Waals surface area contributed by atoms with E-state index in [1.54, 1.807) is 30.4 Å². The third-order valence-electron chi connectivity index (χ3n) is 3.70. The lowest BCUT2D eigenvalue weighted by molar-refractivity contribution is 0.884. The molecule has 0 spiro atoms. The first-order chi connectivity index (χ1) is 12.8. The molecule has 0 unspecified atom stereocenters. The molecule has 0 aliphatic heterocycles. The third kappa shape index (κ3) is 3.61. The first-order valence-electron chi connectivity index (χ1n) is 7.96. The van der Waals surface area contributed by atoms with E-state index in [1.807, 2.05) is 59.2 Å². The number of hydrogen-bond donors (Lipinski definition) is 0. The minimum atomic E-state index is 0.665. The van der Waals surface area contributed by atoms with E-state index in [2.05, 4.69) is 20.2 Å². The molecule has 0 N–H and O–H groups in total. The summed E-state index contributed by atoms with van der Waals surface area (Å²) in [4.78, 5) is 8.51. The Labute approximate surface area is 160 Å². The van der Waals surface area contributed by atoms with Crippen LogP contribution in [0.5, 0.6) is 0 Å². The van der Waals surface area contributed by atoms with Crippen LogP contribution >= 0.6 is 23.4 Å². The van der Waals surface area contributed by atoms with Crippen molar-refractivity contribution in [1.29, 1.82) is 0 Å². The van der Waals surface area contributed by atoms with Crippen LogP contribution < -0.4 is 0 Å². The van der Waals surface area contributed by atoms with E-state index >= 15 is 0 Å². The van der Waals surface area contributed by atoms with Crippen LogP contribution in [0.4, 0.5) is 0 Å². The molecule has 128 valence electrons. The van der Waals surface area contributed by atoms with Gasteiger partial charge < -0.3 is 0 Å². The van der Waals surface area contributed by atoms with Crippen LogP contribution in [0.2, 0.25) is 5.02 Å². The largest absolute Gasteiger partial charge is 0.269 e. The van der Waals surface area contributed by atoms with E-state index < -0.39 is 0 Å². The monoisotopic (exact) mass is 379 g/mol. The van der Waals surface area contributed by atoms with Crippen molar-refractivity contribution in [3.63, 3.8) is 0 Å². The van der Waals surface area contributed by atoms with Crippen molar-refractivity contribution >= 4 is 23.4 Å². The molecule has 26 heavy (non-hydrogen) atoms. The Morgan fingerprint density at radius 1 is 0.962 bits per heavy atom. The Balaban J connectivity index is 1.72. The van der Waals surface area contributed by atoms with Gasteiger partial charge in [0.2, 0.25) is 0 Å². The van der Waals surface area contributed by atoms with Gasteiger partial charge in [-0.1, -0.05) is 53.7 Å². The number of hydrogen-bond acceptors (Lipinski definition) is 5. The zero-order chi connectivity index (χ0) is 17.8. The third-order valence-corrected chi connectivity index (χ3v) is 4.93. The van der Waals surface area contributed by atoms with Crippen molar-refractivity contribution in [2.24, 2.45) is 0 Å². The molecule has 0 amide bonds.